The van der Waals surface area contributed by atoms with E-state index in [1.165, 1.54) is 16.5 Å². The van der Waals surface area contributed by atoms with E-state index in [4.69, 9.17) is 6.42 Å². The van der Waals surface area contributed by atoms with Crippen molar-refractivity contribution in [3.63, 3.8) is 0 Å². The Morgan fingerprint density at radius 1 is 1.41 bits per heavy atom. The zero-order valence-electron chi connectivity index (χ0n) is 10.4. The van der Waals surface area contributed by atoms with Crippen LogP contribution in [0.3, 0.4) is 0 Å². The van der Waals surface area contributed by atoms with Crippen LogP contribution in [-0.4, -0.2) is 10.6 Å². The maximum Gasteiger partial charge on any atom is 0.0686 e. The van der Waals surface area contributed by atoms with Crippen molar-refractivity contribution in [2.75, 3.05) is 0 Å². The summed E-state index contributed by atoms with van der Waals surface area (Å²) in [6, 6.07) is 8.59. The fraction of sp³-hybridized carbons (Fsp3) is 0.333. The van der Waals surface area contributed by atoms with Crippen molar-refractivity contribution in [1.29, 1.82) is 0 Å². The third kappa shape index (κ3) is 2.35. The van der Waals surface area contributed by atoms with Crippen LogP contribution in [0.1, 0.15) is 18.9 Å². The highest BCUT2D eigenvalue weighted by Crippen LogP contribution is 2.20. The molecule has 2 aromatic rings. The molecule has 0 aliphatic heterocycles. The van der Waals surface area contributed by atoms with Gasteiger partial charge in [0.15, 0.2) is 0 Å². The third-order valence-electron chi connectivity index (χ3n) is 3.13. The molecular formula is C15H18N2. The fourth-order valence-electron chi connectivity index (χ4n) is 2.12. The van der Waals surface area contributed by atoms with Gasteiger partial charge in [-0.25, -0.2) is 0 Å². The van der Waals surface area contributed by atoms with Crippen LogP contribution >= 0.6 is 0 Å². The van der Waals surface area contributed by atoms with Gasteiger partial charge in [0, 0.05) is 30.7 Å². The predicted molar refractivity (Wildman–Crippen MR) is 72.7 cm³/mol. The van der Waals surface area contributed by atoms with E-state index in [2.05, 4.69) is 60.2 Å². The van der Waals surface area contributed by atoms with Crippen molar-refractivity contribution in [2.24, 2.45) is 7.05 Å². The molecule has 1 aromatic heterocycles. The first-order valence-electron chi connectivity index (χ1n) is 5.98. The van der Waals surface area contributed by atoms with Crippen LogP contribution in [0.5, 0.6) is 0 Å². The first-order chi connectivity index (χ1) is 8.26. The highest BCUT2D eigenvalue weighted by Gasteiger charge is 2.07. The van der Waals surface area contributed by atoms with Crippen LogP contribution in [-0.2, 0) is 13.6 Å². The van der Waals surface area contributed by atoms with E-state index in [1.807, 2.05) is 0 Å². The van der Waals surface area contributed by atoms with Gasteiger partial charge in [0.05, 0.1) is 6.04 Å². The van der Waals surface area contributed by atoms with Crippen LogP contribution < -0.4 is 5.32 Å². The summed E-state index contributed by atoms with van der Waals surface area (Å²) in [5.41, 5.74) is 2.56. The van der Waals surface area contributed by atoms with E-state index in [9.17, 15) is 0 Å². The van der Waals surface area contributed by atoms with Gasteiger partial charge in [0.25, 0.3) is 0 Å². The normalized spacial score (nSPS) is 12.5. The number of terminal acetylenes is 1. The maximum absolute atomic E-state index is 5.45. The summed E-state index contributed by atoms with van der Waals surface area (Å²) in [5, 5.41) is 4.69. The molecule has 0 bridgehead atoms. The lowest BCUT2D eigenvalue weighted by molar-refractivity contribution is 0.593. The Bertz CT molecular complexity index is 546. The minimum absolute atomic E-state index is 0.161. The van der Waals surface area contributed by atoms with Crippen LogP contribution in [0, 0.1) is 12.3 Å². The molecule has 17 heavy (non-hydrogen) atoms. The highest BCUT2D eigenvalue weighted by molar-refractivity contribution is 5.83. The average molecular weight is 226 g/mol. The number of hydrogen-bond donors (Lipinski definition) is 1. The minimum Gasteiger partial charge on any atom is -0.350 e. The van der Waals surface area contributed by atoms with Crippen LogP contribution in [0.15, 0.2) is 30.5 Å². The van der Waals surface area contributed by atoms with Gasteiger partial charge in [0.1, 0.15) is 0 Å². The molecule has 0 amide bonds. The van der Waals surface area contributed by atoms with Crippen LogP contribution in [0.2, 0.25) is 0 Å². The zero-order valence-corrected chi connectivity index (χ0v) is 10.4. The number of nitrogens with zero attached hydrogens (tertiary/aromatic N) is 1. The van der Waals surface area contributed by atoms with E-state index < -0.39 is 0 Å². The number of nitrogens with one attached hydrogen (secondary N) is 1. The number of hydrogen-bond acceptors (Lipinski definition) is 1. The first-order valence-corrected chi connectivity index (χ1v) is 5.98. The molecule has 1 heterocycles. The van der Waals surface area contributed by atoms with E-state index in [1.54, 1.807) is 0 Å². The standard InChI is InChI=1S/C15H18N2/c1-4-13(5-2)16-10-12-11-17(3)15-9-7-6-8-14(12)15/h1,6-9,11,13,16H,5,10H2,2-3H3. The summed E-state index contributed by atoms with van der Waals surface area (Å²) < 4.78 is 2.16. The summed E-state index contributed by atoms with van der Waals surface area (Å²) in [5.74, 6) is 2.76. The van der Waals surface area contributed by atoms with Crippen molar-refractivity contribution < 1.29 is 0 Å². The smallest absolute Gasteiger partial charge is 0.0686 e. The lowest BCUT2D eigenvalue weighted by Crippen LogP contribution is -2.25. The summed E-state index contributed by atoms with van der Waals surface area (Å²) in [4.78, 5) is 0. The quantitative estimate of drug-likeness (QED) is 0.793. The highest BCUT2D eigenvalue weighted by atomic mass is 14.9. The van der Waals surface area contributed by atoms with Crippen molar-refractivity contribution >= 4 is 10.9 Å². The van der Waals surface area contributed by atoms with Crippen LogP contribution in [0.4, 0.5) is 0 Å². The molecule has 0 radical (unpaired) electrons. The third-order valence-corrected chi connectivity index (χ3v) is 3.13. The molecule has 1 N–H and O–H groups in total. The van der Waals surface area contributed by atoms with E-state index in [-0.39, 0.29) is 6.04 Å². The molecule has 0 aliphatic carbocycles. The number of fused-ring (bicyclic) bond motifs is 1. The molecule has 88 valence electrons. The van der Waals surface area contributed by atoms with Gasteiger partial charge >= 0.3 is 0 Å². The molecule has 0 saturated heterocycles. The second-order valence-electron chi connectivity index (χ2n) is 4.29. The lowest BCUT2D eigenvalue weighted by Gasteiger charge is -2.09. The SMILES string of the molecule is C#CC(CC)NCc1cn(C)c2ccccc12. The van der Waals surface area contributed by atoms with E-state index in [0.29, 0.717) is 0 Å². The van der Waals surface area contributed by atoms with Gasteiger partial charge in [-0.2, -0.15) is 0 Å². The molecule has 1 aromatic carbocycles. The largest absolute Gasteiger partial charge is 0.350 e. The first kappa shape index (κ1) is 11.8. The van der Waals surface area contributed by atoms with Gasteiger partial charge in [-0.15, -0.1) is 6.42 Å². The predicted octanol–water partition coefficient (Wildman–Crippen LogP) is 2.68. The van der Waals surface area contributed by atoms with Crippen molar-refractivity contribution in [2.45, 2.75) is 25.9 Å². The summed E-state index contributed by atoms with van der Waals surface area (Å²) in [6.45, 7) is 2.92. The maximum atomic E-state index is 5.45. The summed E-state index contributed by atoms with van der Waals surface area (Å²) >= 11 is 0. The zero-order chi connectivity index (χ0) is 12.3. The average Bonchev–Trinajstić information content (AvgIpc) is 2.69. The molecule has 0 fully saturated rings. The van der Waals surface area contributed by atoms with Gasteiger partial charge in [0.2, 0.25) is 0 Å². The molecule has 2 heteroatoms. The van der Waals surface area contributed by atoms with Gasteiger partial charge in [-0.3, -0.25) is 5.32 Å². The van der Waals surface area contributed by atoms with E-state index >= 15 is 0 Å². The van der Waals surface area contributed by atoms with Gasteiger partial charge in [-0.1, -0.05) is 31.0 Å². The number of para-hydroxylation sites is 1. The molecule has 1 unspecified atom stereocenters. The Balaban J connectivity index is 2.22. The second kappa shape index (κ2) is 5.07. The molecule has 0 aliphatic rings. The monoisotopic (exact) mass is 226 g/mol. The van der Waals surface area contributed by atoms with Crippen molar-refractivity contribution in [3.05, 3.63) is 36.0 Å². The Morgan fingerprint density at radius 2 is 2.18 bits per heavy atom. The Hall–Kier alpha value is -1.72. The Labute approximate surface area is 103 Å². The molecular weight excluding hydrogens is 208 g/mol. The van der Waals surface area contributed by atoms with E-state index in [0.717, 1.165) is 13.0 Å². The molecule has 1 atom stereocenters. The van der Waals surface area contributed by atoms with Gasteiger partial charge in [-0.05, 0) is 18.1 Å². The van der Waals surface area contributed by atoms with Crippen molar-refractivity contribution in [1.82, 2.24) is 9.88 Å². The van der Waals surface area contributed by atoms with Gasteiger partial charge < -0.3 is 4.57 Å². The second-order valence-corrected chi connectivity index (χ2v) is 4.29. The molecule has 2 rings (SSSR count). The molecule has 0 saturated carbocycles. The Morgan fingerprint density at radius 3 is 2.88 bits per heavy atom. The lowest BCUT2D eigenvalue weighted by atomic mass is 10.1. The minimum atomic E-state index is 0.161. The van der Waals surface area contributed by atoms with Crippen molar-refractivity contribution in [3.8, 4) is 12.3 Å². The topological polar surface area (TPSA) is 17.0 Å². The number of aromatic nitrogens is 1. The number of benzene rings is 1. The summed E-state index contributed by atoms with van der Waals surface area (Å²) in [7, 11) is 2.07. The number of aryl methyl sites for hydroxylation is 1. The fourth-order valence-corrected chi connectivity index (χ4v) is 2.12. The summed E-state index contributed by atoms with van der Waals surface area (Å²) in [6.07, 6.45) is 8.57. The Kier molecular flexibility index (Phi) is 3.51. The molecule has 0 spiro atoms. The van der Waals surface area contributed by atoms with Crippen LogP contribution in [0.25, 0.3) is 10.9 Å². The molecule has 2 nitrogen and oxygen atoms in total. The number of rotatable bonds is 4.